The van der Waals surface area contributed by atoms with Crippen LogP contribution < -0.4 is 10.1 Å². The van der Waals surface area contributed by atoms with E-state index in [9.17, 15) is 9.59 Å². The number of amides is 3. The van der Waals surface area contributed by atoms with Gasteiger partial charge in [0.25, 0.3) is 0 Å². The molecule has 1 aromatic rings. The van der Waals surface area contributed by atoms with Gasteiger partial charge in [-0.25, -0.2) is 4.79 Å². The molecule has 2 aliphatic heterocycles. The van der Waals surface area contributed by atoms with Crippen molar-refractivity contribution < 1.29 is 19.1 Å². The van der Waals surface area contributed by atoms with Crippen LogP contribution in [-0.4, -0.2) is 68.7 Å². The highest BCUT2D eigenvalue weighted by molar-refractivity contribution is 5.91. The lowest BCUT2D eigenvalue weighted by atomic mass is 9.73. The van der Waals surface area contributed by atoms with Crippen molar-refractivity contribution in [1.82, 2.24) is 9.80 Å². The maximum Gasteiger partial charge on any atom is 0.321 e. The molecular weight excluding hydrogens is 370 g/mol. The van der Waals surface area contributed by atoms with Crippen LogP contribution in [0.3, 0.4) is 0 Å². The van der Waals surface area contributed by atoms with E-state index in [2.05, 4.69) is 5.32 Å². The number of benzene rings is 1. The summed E-state index contributed by atoms with van der Waals surface area (Å²) in [6.07, 6.45) is 4.39. The molecule has 0 atom stereocenters. The molecule has 1 N–H and O–H groups in total. The molecule has 1 aromatic carbocycles. The second-order valence-electron chi connectivity index (χ2n) is 8.24. The smallest absolute Gasteiger partial charge is 0.321 e. The summed E-state index contributed by atoms with van der Waals surface area (Å²) in [5, 5.41) is 3.00. The molecular formula is C22H33N3O4. The monoisotopic (exact) mass is 403 g/mol. The second-order valence-corrected chi connectivity index (χ2v) is 8.24. The van der Waals surface area contributed by atoms with Gasteiger partial charge in [0.15, 0.2) is 0 Å². The molecule has 160 valence electrons. The van der Waals surface area contributed by atoms with E-state index in [1.807, 2.05) is 34.9 Å². The number of nitrogens with zero attached hydrogens (tertiary/aromatic N) is 2. The molecule has 2 aliphatic rings. The Morgan fingerprint density at radius 2 is 1.86 bits per heavy atom. The van der Waals surface area contributed by atoms with Crippen LogP contribution in [0.5, 0.6) is 5.75 Å². The zero-order valence-corrected chi connectivity index (χ0v) is 17.8. The van der Waals surface area contributed by atoms with E-state index in [1.54, 1.807) is 14.2 Å². The van der Waals surface area contributed by atoms with Crippen molar-refractivity contribution in [3.05, 3.63) is 23.8 Å². The number of aryl methyl sites for hydroxylation is 1. The van der Waals surface area contributed by atoms with Crippen LogP contribution in [0.1, 0.15) is 37.7 Å². The average molecular weight is 404 g/mol. The van der Waals surface area contributed by atoms with E-state index in [4.69, 9.17) is 9.47 Å². The van der Waals surface area contributed by atoms with Crippen LogP contribution in [0, 0.1) is 12.3 Å². The lowest BCUT2D eigenvalue weighted by Gasteiger charge is -2.41. The van der Waals surface area contributed by atoms with Crippen LogP contribution in [0.2, 0.25) is 0 Å². The topological polar surface area (TPSA) is 71.1 Å². The number of nitrogens with one attached hydrogen (secondary N) is 1. The number of piperidine rings is 1. The van der Waals surface area contributed by atoms with Crippen molar-refractivity contribution in [3.63, 3.8) is 0 Å². The van der Waals surface area contributed by atoms with Gasteiger partial charge >= 0.3 is 6.03 Å². The Morgan fingerprint density at radius 1 is 1.14 bits per heavy atom. The molecule has 7 heteroatoms. The molecule has 0 saturated carbocycles. The zero-order chi connectivity index (χ0) is 20.9. The van der Waals surface area contributed by atoms with Crippen molar-refractivity contribution in [1.29, 1.82) is 0 Å². The fourth-order valence-electron chi connectivity index (χ4n) is 4.39. The molecule has 0 bridgehead atoms. The second kappa shape index (κ2) is 9.48. The Hall–Kier alpha value is -2.28. The van der Waals surface area contributed by atoms with Crippen LogP contribution in [0.25, 0.3) is 0 Å². The Labute approximate surface area is 173 Å². The number of carbonyl (C=O) groups is 2. The number of hydrogen-bond donors (Lipinski definition) is 1. The standard InChI is InChI=1S/C22H33N3O4/c1-17-4-5-19(29-3)18(16-17)23-21(27)25-12-9-22(10-13-25)7-6-20(26)24(11-8-22)14-15-28-2/h4-5,16H,6-15H2,1-3H3,(H,23,27). The van der Waals surface area contributed by atoms with Crippen LogP contribution in [0.4, 0.5) is 10.5 Å². The first-order valence-corrected chi connectivity index (χ1v) is 10.4. The van der Waals surface area contributed by atoms with E-state index in [-0.39, 0.29) is 17.4 Å². The van der Waals surface area contributed by atoms with Crippen molar-refractivity contribution in [3.8, 4) is 5.75 Å². The number of anilines is 1. The SMILES string of the molecule is COCCN1CCC2(CCC1=O)CCN(C(=O)Nc1cc(C)ccc1OC)CC2. The first-order valence-electron chi connectivity index (χ1n) is 10.4. The molecule has 0 aliphatic carbocycles. The minimum atomic E-state index is -0.0878. The maximum atomic E-state index is 12.8. The fourth-order valence-corrected chi connectivity index (χ4v) is 4.39. The van der Waals surface area contributed by atoms with Gasteiger partial charge in [-0.2, -0.15) is 0 Å². The van der Waals surface area contributed by atoms with Crippen molar-refractivity contribution in [2.75, 3.05) is 52.3 Å². The lowest BCUT2D eigenvalue weighted by Crippen LogP contribution is -2.45. The van der Waals surface area contributed by atoms with E-state index in [0.29, 0.717) is 44.1 Å². The third-order valence-corrected chi connectivity index (χ3v) is 6.41. The zero-order valence-electron chi connectivity index (χ0n) is 17.8. The minimum absolute atomic E-state index is 0.0878. The number of urea groups is 1. The van der Waals surface area contributed by atoms with Gasteiger partial charge in [0, 0.05) is 39.7 Å². The molecule has 2 fully saturated rings. The third kappa shape index (κ3) is 5.21. The van der Waals surface area contributed by atoms with Gasteiger partial charge in [0.05, 0.1) is 19.4 Å². The summed E-state index contributed by atoms with van der Waals surface area (Å²) in [5.74, 6) is 0.890. The van der Waals surface area contributed by atoms with Gasteiger partial charge in [-0.3, -0.25) is 4.79 Å². The van der Waals surface area contributed by atoms with Gasteiger partial charge in [-0.1, -0.05) is 6.07 Å². The van der Waals surface area contributed by atoms with Crippen molar-refractivity contribution in [2.24, 2.45) is 5.41 Å². The van der Waals surface area contributed by atoms with E-state index in [1.165, 1.54) is 0 Å². The Bertz CT molecular complexity index is 729. The van der Waals surface area contributed by atoms with Gasteiger partial charge in [0.2, 0.25) is 5.91 Å². The molecule has 1 spiro atoms. The number of likely N-dealkylation sites (tertiary alicyclic amines) is 2. The predicted octanol–water partition coefficient (Wildman–Crippen LogP) is 3.28. The Morgan fingerprint density at radius 3 is 2.55 bits per heavy atom. The molecule has 0 aromatic heterocycles. The molecule has 2 saturated heterocycles. The number of rotatable bonds is 5. The summed E-state index contributed by atoms with van der Waals surface area (Å²) < 4.78 is 10.5. The Kier molecular flexibility index (Phi) is 7.00. The number of hydrogen-bond acceptors (Lipinski definition) is 4. The summed E-state index contributed by atoms with van der Waals surface area (Å²) in [7, 11) is 3.27. The number of ether oxygens (including phenoxy) is 2. The van der Waals surface area contributed by atoms with E-state index >= 15 is 0 Å². The Balaban J connectivity index is 1.57. The third-order valence-electron chi connectivity index (χ3n) is 6.41. The van der Waals surface area contributed by atoms with Crippen LogP contribution >= 0.6 is 0 Å². The molecule has 2 heterocycles. The summed E-state index contributed by atoms with van der Waals surface area (Å²) >= 11 is 0. The summed E-state index contributed by atoms with van der Waals surface area (Å²) in [5.41, 5.74) is 1.93. The van der Waals surface area contributed by atoms with Crippen LogP contribution in [-0.2, 0) is 9.53 Å². The molecule has 29 heavy (non-hydrogen) atoms. The summed E-state index contributed by atoms with van der Waals surface area (Å²) in [4.78, 5) is 29.0. The molecule has 3 amide bonds. The first kappa shape index (κ1) is 21.4. The van der Waals surface area contributed by atoms with Gasteiger partial charge in [0.1, 0.15) is 5.75 Å². The minimum Gasteiger partial charge on any atom is -0.495 e. The highest BCUT2D eigenvalue weighted by atomic mass is 16.5. The van der Waals surface area contributed by atoms with E-state index in [0.717, 1.165) is 37.8 Å². The maximum absolute atomic E-state index is 12.8. The highest BCUT2D eigenvalue weighted by Crippen LogP contribution is 2.41. The first-order chi connectivity index (χ1) is 14.0. The van der Waals surface area contributed by atoms with Gasteiger partial charge in [-0.05, 0) is 55.7 Å². The molecule has 0 radical (unpaired) electrons. The number of carbonyl (C=O) groups excluding carboxylic acids is 2. The largest absolute Gasteiger partial charge is 0.495 e. The van der Waals surface area contributed by atoms with Gasteiger partial charge in [-0.15, -0.1) is 0 Å². The summed E-state index contributed by atoms with van der Waals surface area (Å²) in [6.45, 7) is 5.45. The average Bonchev–Trinajstić information content (AvgIpc) is 2.87. The fraction of sp³-hybridized carbons (Fsp3) is 0.636. The lowest BCUT2D eigenvalue weighted by molar-refractivity contribution is -0.131. The van der Waals surface area contributed by atoms with Crippen LogP contribution in [0.15, 0.2) is 18.2 Å². The van der Waals surface area contributed by atoms with Gasteiger partial charge < -0.3 is 24.6 Å². The quantitative estimate of drug-likeness (QED) is 0.819. The highest BCUT2D eigenvalue weighted by Gasteiger charge is 2.38. The van der Waals surface area contributed by atoms with Crippen molar-refractivity contribution >= 4 is 17.6 Å². The summed E-state index contributed by atoms with van der Waals surface area (Å²) in [6, 6.07) is 5.67. The number of methoxy groups -OCH3 is 2. The molecule has 0 unspecified atom stereocenters. The predicted molar refractivity (Wildman–Crippen MR) is 112 cm³/mol. The molecule has 3 rings (SSSR count). The normalized spacial score (nSPS) is 19.2. The van der Waals surface area contributed by atoms with Crippen molar-refractivity contribution in [2.45, 2.75) is 39.0 Å². The molecule has 7 nitrogen and oxygen atoms in total. The van der Waals surface area contributed by atoms with E-state index < -0.39 is 0 Å².